The molecule has 0 radical (unpaired) electrons. The second kappa shape index (κ2) is 5.00. The zero-order chi connectivity index (χ0) is 10.4. The molecule has 1 atom stereocenters. The Bertz CT molecular complexity index is 234. The van der Waals surface area contributed by atoms with Gasteiger partial charge in [-0.3, -0.25) is 5.32 Å². The standard InChI is InChI=1S/C10H20N4/c1-3-5-10(12-6-4-2)13-7-9(11)8-14-10/h7-8,12-13H,3-6,11H2,1-2H3. The summed E-state index contributed by atoms with van der Waals surface area (Å²) in [4.78, 5) is 4.43. The van der Waals surface area contributed by atoms with E-state index in [1.54, 1.807) is 6.21 Å². The fourth-order valence-electron chi connectivity index (χ4n) is 1.48. The van der Waals surface area contributed by atoms with Crippen LogP contribution in [0, 0.1) is 0 Å². The first-order valence-electron chi connectivity index (χ1n) is 5.26. The molecular weight excluding hydrogens is 176 g/mol. The summed E-state index contributed by atoms with van der Waals surface area (Å²) in [5.41, 5.74) is 6.28. The third-order valence-corrected chi connectivity index (χ3v) is 2.19. The molecule has 4 heteroatoms. The van der Waals surface area contributed by atoms with Gasteiger partial charge in [0.2, 0.25) is 0 Å². The first kappa shape index (κ1) is 11.0. The van der Waals surface area contributed by atoms with Gasteiger partial charge in [0.15, 0.2) is 5.79 Å². The van der Waals surface area contributed by atoms with Crippen LogP contribution < -0.4 is 16.4 Å². The fraction of sp³-hybridized carbons (Fsp3) is 0.700. The predicted molar refractivity (Wildman–Crippen MR) is 59.8 cm³/mol. The zero-order valence-electron chi connectivity index (χ0n) is 9.01. The van der Waals surface area contributed by atoms with E-state index in [-0.39, 0.29) is 5.79 Å². The number of nitrogens with one attached hydrogen (secondary N) is 2. The second-order valence-corrected chi connectivity index (χ2v) is 3.58. The van der Waals surface area contributed by atoms with Crippen molar-refractivity contribution in [2.24, 2.45) is 10.7 Å². The number of allylic oxidation sites excluding steroid dienone is 1. The number of nitrogens with zero attached hydrogens (tertiary/aromatic N) is 1. The maximum Gasteiger partial charge on any atom is 0.184 e. The van der Waals surface area contributed by atoms with Crippen LogP contribution in [0.25, 0.3) is 0 Å². The van der Waals surface area contributed by atoms with Crippen LogP contribution in [0.15, 0.2) is 16.9 Å². The molecule has 0 amide bonds. The molecule has 0 aliphatic carbocycles. The van der Waals surface area contributed by atoms with Crippen LogP contribution in [0.4, 0.5) is 0 Å². The van der Waals surface area contributed by atoms with Gasteiger partial charge in [-0.05, 0) is 13.0 Å². The molecule has 0 fully saturated rings. The van der Waals surface area contributed by atoms with Crippen molar-refractivity contribution in [1.82, 2.24) is 10.6 Å². The van der Waals surface area contributed by atoms with E-state index in [4.69, 9.17) is 5.73 Å². The Morgan fingerprint density at radius 1 is 1.50 bits per heavy atom. The summed E-state index contributed by atoms with van der Waals surface area (Å²) in [7, 11) is 0. The van der Waals surface area contributed by atoms with Crippen LogP contribution in [0.2, 0.25) is 0 Å². The molecular formula is C10H20N4. The van der Waals surface area contributed by atoms with Crippen LogP contribution in [-0.2, 0) is 0 Å². The van der Waals surface area contributed by atoms with Crippen LogP contribution in [0.3, 0.4) is 0 Å². The number of hydrogen-bond acceptors (Lipinski definition) is 4. The maximum absolute atomic E-state index is 5.60. The third-order valence-electron chi connectivity index (χ3n) is 2.19. The van der Waals surface area contributed by atoms with E-state index in [0.29, 0.717) is 5.70 Å². The summed E-state index contributed by atoms with van der Waals surface area (Å²) >= 11 is 0. The first-order chi connectivity index (χ1) is 6.72. The van der Waals surface area contributed by atoms with Crippen molar-refractivity contribution in [1.29, 1.82) is 0 Å². The number of hydrogen-bond donors (Lipinski definition) is 3. The van der Waals surface area contributed by atoms with E-state index in [2.05, 4.69) is 29.5 Å². The molecule has 1 rings (SSSR count). The third kappa shape index (κ3) is 2.73. The Hall–Kier alpha value is -1.03. The number of aliphatic imine (C=N–C) groups is 1. The summed E-state index contributed by atoms with van der Waals surface area (Å²) < 4.78 is 0. The van der Waals surface area contributed by atoms with Crippen molar-refractivity contribution in [3.05, 3.63) is 11.9 Å². The van der Waals surface area contributed by atoms with Gasteiger partial charge in [0.05, 0.1) is 5.70 Å². The highest BCUT2D eigenvalue weighted by atomic mass is 15.3. The summed E-state index contributed by atoms with van der Waals surface area (Å²) in [5.74, 6) is -0.326. The van der Waals surface area contributed by atoms with Crippen molar-refractivity contribution in [2.75, 3.05) is 6.54 Å². The minimum absolute atomic E-state index is 0.326. The smallest absolute Gasteiger partial charge is 0.184 e. The first-order valence-corrected chi connectivity index (χ1v) is 5.26. The summed E-state index contributed by atoms with van der Waals surface area (Å²) in [5, 5.41) is 6.62. The highest BCUT2D eigenvalue weighted by Gasteiger charge is 2.26. The lowest BCUT2D eigenvalue weighted by Crippen LogP contribution is -2.55. The van der Waals surface area contributed by atoms with Gasteiger partial charge in [0.1, 0.15) is 0 Å². The molecule has 80 valence electrons. The molecule has 1 aliphatic rings. The van der Waals surface area contributed by atoms with E-state index in [1.807, 2.05) is 6.20 Å². The van der Waals surface area contributed by atoms with E-state index < -0.39 is 0 Å². The number of rotatable bonds is 5. The molecule has 4 N–H and O–H groups in total. The van der Waals surface area contributed by atoms with E-state index in [0.717, 1.165) is 25.8 Å². The lowest BCUT2D eigenvalue weighted by molar-refractivity contribution is 0.274. The Morgan fingerprint density at radius 2 is 2.29 bits per heavy atom. The van der Waals surface area contributed by atoms with Gasteiger partial charge in [-0.1, -0.05) is 20.3 Å². The van der Waals surface area contributed by atoms with Gasteiger partial charge in [0, 0.05) is 18.8 Å². The predicted octanol–water partition coefficient (Wildman–Crippen LogP) is 0.914. The van der Waals surface area contributed by atoms with E-state index in [9.17, 15) is 0 Å². The van der Waals surface area contributed by atoms with Gasteiger partial charge in [-0.25, -0.2) is 4.99 Å². The normalized spacial score (nSPS) is 25.7. The highest BCUT2D eigenvalue weighted by Crippen LogP contribution is 2.14. The largest absolute Gasteiger partial charge is 0.396 e. The van der Waals surface area contributed by atoms with Gasteiger partial charge in [0.25, 0.3) is 0 Å². The van der Waals surface area contributed by atoms with E-state index >= 15 is 0 Å². The molecule has 0 aromatic carbocycles. The minimum atomic E-state index is -0.326. The molecule has 1 heterocycles. The molecule has 0 aromatic rings. The molecule has 0 bridgehead atoms. The molecule has 0 saturated carbocycles. The van der Waals surface area contributed by atoms with Gasteiger partial charge in [-0.2, -0.15) is 0 Å². The molecule has 0 saturated heterocycles. The molecule has 0 spiro atoms. The van der Waals surface area contributed by atoms with Crippen molar-refractivity contribution in [3.8, 4) is 0 Å². The van der Waals surface area contributed by atoms with Crippen molar-refractivity contribution < 1.29 is 0 Å². The second-order valence-electron chi connectivity index (χ2n) is 3.58. The van der Waals surface area contributed by atoms with Gasteiger partial charge >= 0.3 is 0 Å². The van der Waals surface area contributed by atoms with Gasteiger partial charge in [-0.15, -0.1) is 0 Å². The van der Waals surface area contributed by atoms with Crippen LogP contribution >= 0.6 is 0 Å². The lowest BCUT2D eigenvalue weighted by atomic mass is 10.1. The Kier molecular flexibility index (Phi) is 3.95. The monoisotopic (exact) mass is 196 g/mol. The Balaban J connectivity index is 2.60. The Morgan fingerprint density at radius 3 is 2.79 bits per heavy atom. The zero-order valence-corrected chi connectivity index (χ0v) is 9.01. The fourth-order valence-corrected chi connectivity index (χ4v) is 1.48. The molecule has 4 nitrogen and oxygen atoms in total. The SMILES string of the molecule is CCCNC1(CCC)N=CC(N)=CN1. The minimum Gasteiger partial charge on any atom is -0.396 e. The molecule has 1 unspecified atom stereocenters. The van der Waals surface area contributed by atoms with E-state index in [1.165, 1.54) is 0 Å². The number of nitrogens with two attached hydrogens (primary N) is 1. The summed E-state index contributed by atoms with van der Waals surface area (Å²) in [6.07, 6.45) is 6.67. The van der Waals surface area contributed by atoms with Crippen molar-refractivity contribution in [2.45, 2.75) is 38.9 Å². The van der Waals surface area contributed by atoms with Gasteiger partial charge < -0.3 is 11.1 Å². The van der Waals surface area contributed by atoms with Crippen molar-refractivity contribution in [3.63, 3.8) is 0 Å². The topological polar surface area (TPSA) is 62.4 Å². The molecule has 1 aliphatic heterocycles. The summed E-state index contributed by atoms with van der Waals surface area (Å²) in [6.45, 7) is 5.25. The Labute approximate surface area is 85.7 Å². The van der Waals surface area contributed by atoms with Crippen molar-refractivity contribution >= 4 is 6.21 Å². The quantitative estimate of drug-likeness (QED) is 0.612. The molecule has 14 heavy (non-hydrogen) atoms. The van der Waals surface area contributed by atoms with Crippen LogP contribution in [0.1, 0.15) is 33.1 Å². The lowest BCUT2D eigenvalue weighted by Gasteiger charge is -2.33. The van der Waals surface area contributed by atoms with Crippen LogP contribution in [-0.4, -0.2) is 18.5 Å². The average molecular weight is 196 g/mol. The average Bonchev–Trinajstić information content (AvgIpc) is 2.20. The van der Waals surface area contributed by atoms with Crippen LogP contribution in [0.5, 0.6) is 0 Å². The summed E-state index contributed by atoms with van der Waals surface area (Å²) in [6, 6.07) is 0. The maximum atomic E-state index is 5.60. The molecule has 0 aromatic heterocycles. The highest BCUT2D eigenvalue weighted by molar-refractivity contribution is 5.78.